The lowest BCUT2D eigenvalue weighted by Crippen LogP contribution is -2.33. The predicted octanol–water partition coefficient (Wildman–Crippen LogP) is 3.85. The highest BCUT2D eigenvalue weighted by Gasteiger charge is 2.22. The van der Waals surface area contributed by atoms with Gasteiger partial charge in [-0.3, -0.25) is 0 Å². The first-order chi connectivity index (χ1) is 9.74. The molecule has 1 atom stereocenters. The van der Waals surface area contributed by atoms with E-state index in [4.69, 9.17) is 0 Å². The minimum absolute atomic E-state index is 0.0613. The van der Waals surface area contributed by atoms with Crippen molar-refractivity contribution in [2.45, 2.75) is 64.1 Å². The maximum Gasteiger partial charge on any atom is 0.146 e. The molecule has 0 spiro atoms. The summed E-state index contributed by atoms with van der Waals surface area (Å²) in [5.74, 6) is -0.0613. The maximum atomic E-state index is 14.4. The van der Waals surface area contributed by atoms with Gasteiger partial charge in [0, 0.05) is 25.2 Å². The van der Waals surface area contributed by atoms with Gasteiger partial charge >= 0.3 is 0 Å². The summed E-state index contributed by atoms with van der Waals surface area (Å²) in [6, 6.07) is 6.88. The SMILES string of the molecule is CC1CCCCCN1c1ccc(CNC2CC2)cc1F. The van der Waals surface area contributed by atoms with Crippen molar-refractivity contribution in [2.24, 2.45) is 0 Å². The van der Waals surface area contributed by atoms with Crippen LogP contribution >= 0.6 is 0 Å². The maximum absolute atomic E-state index is 14.4. The Hall–Kier alpha value is -1.09. The topological polar surface area (TPSA) is 15.3 Å². The highest BCUT2D eigenvalue weighted by molar-refractivity contribution is 5.50. The summed E-state index contributed by atoms with van der Waals surface area (Å²) in [7, 11) is 0. The summed E-state index contributed by atoms with van der Waals surface area (Å²) in [5, 5.41) is 3.44. The van der Waals surface area contributed by atoms with Crippen LogP contribution in [0.3, 0.4) is 0 Å². The summed E-state index contributed by atoms with van der Waals surface area (Å²) in [4.78, 5) is 2.25. The van der Waals surface area contributed by atoms with Gasteiger partial charge < -0.3 is 10.2 Å². The van der Waals surface area contributed by atoms with Crippen molar-refractivity contribution >= 4 is 5.69 Å². The Balaban J connectivity index is 1.71. The molecule has 0 bridgehead atoms. The summed E-state index contributed by atoms with van der Waals surface area (Å²) in [6.07, 6.45) is 7.42. The fourth-order valence-corrected chi connectivity index (χ4v) is 3.08. The minimum atomic E-state index is -0.0613. The van der Waals surface area contributed by atoms with Gasteiger partial charge in [0.2, 0.25) is 0 Å². The summed E-state index contributed by atoms with van der Waals surface area (Å²) >= 11 is 0. The van der Waals surface area contributed by atoms with Crippen molar-refractivity contribution in [3.8, 4) is 0 Å². The van der Waals surface area contributed by atoms with Gasteiger partial charge in [0.05, 0.1) is 5.69 Å². The molecule has 0 amide bonds. The second-order valence-electron chi connectivity index (χ2n) is 6.33. The van der Waals surface area contributed by atoms with Crippen molar-refractivity contribution < 1.29 is 4.39 Å². The lowest BCUT2D eigenvalue weighted by Gasteiger charge is -2.30. The van der Waals surface area contributed by atoms with Gasteiger partial charge in [0.1, 0.15) is 5.82 Å². The van der Waals surface area contributed by atoms with Gasteiger partial charge in [-0.05, 0) is 50.3 Å². The first-order valence-corrected chi connectivity index (χ1v) is 8.02. The normalized spacial score (nSPS) is 23.7. The molecular formula is C17H25FN2. The molecule has 20 heavy (non-hydrogen) atoms. The average Bonchev–Trinajstić information content (AvgIpc) is 3.25. The summed E-state index contributed by atoms with van der Waals surface area (Å²) < 4.78 is 14.4. The molecule has 1 N–H and O–H groups in total. The van der Waals surface area contributed by atoms with E-state index in [0.29, 0.717) is 12.1 Å². The molecule has 1 aliphatic carbocycles. The molecule has 2 fully saturated rings. The molecule has 3 rings (SSSR count). The molecule has 1 aromatic rings. The number of rotatable bonds is 4. The molecule has 3 heteroatoms. The van der Waals surface area contributed by atoms with E-state index >= 15 is 0 Å². The smallest absolute Gasteiger partial charge is 0.146 e. The molecular weight excluding hydrogens is 251 g/mol. The molecule has 0 radical (unpaired) electrons. The van der Waals surface area contributed by atoms with Crippen molar-refractivity contribution in [1.82, 2.24) is 5.32 Å². The third-order valence-electron chi connectivity index (χ3n) is 4.55. The summed E-state index contributed by atoms with van der Waals surface area (Å²) in [5.41, 5.74) is 1.84. The second kappa shape index (κ2) is 6.13. The van der Waals surface area contributed by atoms with Gasteiger partial charge in [-0.15, -0.1) is 0 Å². The molecule has 1 aromatic carbocycles. The molecule has 1 saturated heterocycles. The molecule has 110 valence electrons. The largest absolute Gasteiger partial charge is 0.366 e. The molecule has 0 aromatic heterocycles. The van der Waals surface area contributed by atoms with Gasteiger partial charge in [-0.2, -0.15) is 0 Å². The Kier molecular flexibility index (Phi) is 4.25. The van der Waals surface area contributed by atoms with Crippen LogP contribution in [0.15, 0.2) is 18.2 Å². The lowest BCUT2D eigenvalue weighted by atomic mass is 10.1. The number of anilines is 1. The van der Waals surface area contributed by atoms with Crippen molar-refractivity contribution in [3.05, 3.63) is 29.6 Å². The molecule has 1 aliphatic heterocycles. The van der Waals surface area contributed by atoms with Crippen LogP contribution in [0, 0.1) is 5.82 Å². The van der Waals surface area contributed by atoms with Crippen LogP contribution in [0.1, 0.15) is 51.0 Å². The van der Waals surface area contributed by atoms with Crippen molar-refractivity contribution in [3.63, 3.8) is 0 Å². The number of nitrogens with one attached hydrogen (secondary N) is 1. The van der Waals surface area contributed by atoms with Crippen molar-refractivity contribution in [2.75, 3.05) is 11.4 Å². The van der Waals surface area contributed by atoms with Crippen LogP contribution in [-0.2, 0) is 6.54 Å². The van der Waals surface area contributed by atoms with E-state index in [1.165, 1.54) is 38.5 Å². The lowest BCUT2D eigenvalue weighted by molar-refractivity contribution is 0.578. The monoisotopic (exact) mass is 276 g/mol. The zero-order chi connectivity index (χ0) is 13.9. The number of hydrogen-bond donors (Lipinski definition) is 1. The Bertz CT molecular complexity index is 456. The van der Waals surface area contributed by atoms with E-state index in [1.807, 2.05) is 6.07 Å². The van der Waals surface area contributed by atoms with E-state index in [2.05, 4.69) is 23.2 Å². The van der Waals surface area contributed by atoms with Crippen LogP contribution < -0.4 is 10.2 Å². The van der Waals surface area contributed by atoms with Gasteiger partial charge in [-0.25, -0.2) is 4.39 Å². The Labute approximate surface area is 121 Å². The number of nitrogens with zero attached hydrogens (tertiary/aromatic N) is 1. The van der Waals surface area contributed by atoms with Gasteiger partial charge in [0.15, 0.2) is 0 Å². The standard InChI is InChI=1S/C17H25FN2/c1-13-5-3-2-4-10-20(13)17-9-6-14(11-16(17)18)12-19-15-7-8-15/h6,9,11,13,15,19H,2-5,7-8,10,12H2,1H3. The van der Waals surface area contributed by atoms with Gasteiger partial charge in [0.25, 0.3) is 0 Å². The quantitative estimate of drug-likeness (QED) is 0.898. The fourth-order valence-electron chi connectivity index (χ4n) is 3.08. The van der Waals surface area contributed by atoms with E-state index in [-0.39, 0.29) is 5.82 Å². The number of halogens is 1. The first kappa shape index (κ1) is 13.9. The number of hydrogen-bond acceptors (Lipinski definition) is 2. The van der Waals surface area contributed by atoms with E-state index in [1.54, 1.807) is 6.07 Å². The second-order valence-corrected chi connectivity index (χ2v) is 6.33. The Morgan fingerprint density at radius 1 is 1.20 bits per heavy atom. The Morgan fingerprint density at radius 3 is 2.80 bits per heavy atom. The van der Waals surface area contributed by atoms with Crippen LogP contribution in [0.2, 0.25) is 0 Å². The van der Waals surface area contributed by atoms with Crippen LogP contribution in [0.25, 0.3) is 0 Å². The van der Waals surface area contributed by atoms with Crippen LogP contribution in [0.5, 0.6) is 0 Å². The molecule has 1 unspecified atom stereocenters. The van der Waals surface area contributed by atoms with Gasteiger partial charge in [-0.1, -0.05) is 18.9 Å². The molecule has 1 saturated carbocycles. The fraction of sp³-hybridized carbons (Fsp3) is 0.647. The predicted molar refractivity (Wildman–Crippen MR) is 81.5 cm³/mol. The first-order valence-electron chi connectivity index (χ1n) is 8.02. The third-order valence-corrected chi connectivity index (χ3v) is 4.55. The van der Waals surface area contributed by atoms with E-state index in [9.17, 15) is 4.39 Å². The zero-order valence-electron chi connectivity index (χ0n) is 12.4. The number of benzene rings is 1. The average molecular weight is 276 g/mol. The highest BCUT2D eigenvalue weighted by atomic mass is 19.1. The molecule has 2 aliphatic rings. The summed E-state index contributed by atoms with van der Waals surface area (Å²) in [6.45, 7) is 3.99. The zero-order valence-corrected chi connectivity index (χ0v) is 12.4. The van der Waals surface area contributed by atoms with Crippen LogP contribution in [-0.4, -0.2) is 18.6 Å². The molecule has 2 nitrogen and oxygen atoms in total. The van der Waals surface area contributed by atoms with E-state index in [0.717, 1.165) is 24.3 Å². The van der Waals surface area contributed by atoms with Crippen molar-refractivity contribution in [1.29, 1.82) is 0 Å². The molecule has 1 heterocycles. The highest BCUT2D eigenvalue weighted by Crippen LogP contribution is 2.27. The Morgan fingerprint density at radius 2 is 2.05 bits per heavy atom. The third kappa shape index (κ3) is 3.32. The van der Waals surface area contributed by atoms with E-state index < -0.39 is 0 Å². The minimum Gasteiger partial charge on any atom is -0.366 e. The van der Waals surface area contributed by atoms with Crippen LogP contribution in [0.4, 0.5) is 10.1 Å².